The summed E-state index contributed by atoms with van der Waals surface area (Å²) in [5.74, 6) is -0.388. The van der Waals surface area contributed by atoms with Gasteiger partial charge in [0.1, 0.15) is 11.4 Å². The molecule has 0 spiro atoms. The van der Waals surface area contributed by atoms with Crippen molar-refractivity contribution in [2.24, 2.45) is 0 Å². The summed E-state index contributed by atoms with van der Waals surface area (Å²) in [6.07, 6.45) is 3.96. The van der Waals surface area contributed by atoms with Gasteiger partial charge in [-0.3, -0.25) is 4.79 Å². The van der Waals surface area contributed by atoms with Crippen LogP contribution >= 0.6 is 0 Å². The molecule has 2 N–H and O–H groups in total. The fraction of sp³-hybridized carbons (Fsp3) is 0.0476. The minimum Gasteiger partial charge on any atom is -0.507 e. The number of carbonyl (C=O) groups is 1. The molecule has 5 heteroatoms. The molecule has 0 saturated carbocycles. The van der Waals surface area contributed by atoms with E-state index in [-0.39, 0.29) is 17.2 Å². The average molecular weight is 343 g/mol. The van der Waals surface area contributed by atoms with Crippen molar-refractivity contribution in [1.82, 2.24) is 9.38 Å². The van der Waals surface area contributed by atoms with Crippen LogP contribution in [0.2, 0.25) is 0 Å². The highest BCUT2D eigenvalue weighted by Crippen LogP contribution is 2.23. The third-order valence-electron chi connectivity index (χ3n) is 4.27. The molecule has 0 atom stereocenters. The van der Waals surface area contributed by atoms with Gasteiger partial charge in [0.05, 0.1) is 11.3 Å². The van der Waals surface area contributed by atoms with E-state index in [1.165, 1.54) is 6.07 Å². The van der Waals surface area contributed by atoms with Crippen LogP contribution in [0.25, 0.3) is 16.9 Å². The first-order chi connectivity index (χ1) is 12.6. The highest BCUT2D eigenvalue weighted by molar-refractivity contribution is 6.06. The number of para-hydroxylation sites is 1. The lowest BCUT2D eigenvalue weighted by molar-refractivity contribution is 0.102. The first kappa shape index (κ1) is 15.9. The summed E-state index contributed by atoms with van der Waals surface area (Å²) in [5.41, 5.74) is 4.78. The van der Waals surface area contributed by atoms with Crippen molar-refractivity contribution < 1.29 is 9.90 Å². The number of nitrogens with zero attached hydrogens (tertiary/aromatic N) is 2. The zero-order chi connectivity index (χ0) is 18.1. The van der Waals surface area contributed by atoms with Gasteiger partial charge in [-0.1, -0.05) is 30.3 Å². The monoisotopic (exact) mass is 343 g/mol. The van der Waals surface area contributed by atoms with E-state index in [0.29, 0.717) is 5.69 Å². The van der Waals surface area contributed by atoms with E-state index in [1.54, 1.807) is 18.2 Å². The number of aromatic hydroxyl groups is 1. The standard InChI is InChI=1S/C21H17N3O2/c1-14-5-4-12-24-13-18(23-20(14)24)15-8-10-16(11-9-15)22-21(26)17-6-2-3-7-19(17)25/h2-13,25H,1H3,(H,22,26). The molecule has 2 aromatic carbocycles. The number of pyridine rings is 1. The zero-order valence-electron chi connectivity index (χ0n) is 14.2. The predicted octanol–water partition coefficient (Wildman–Crippen LogP) is 4.27. The van der Waals surface area contributed by atoms with Crippen LogP contribution in [-0.2, 0) is 0 Å². The van der Waals surface area contributed by atoms with Gasteiger partial charge in [0.2, 0.25) is 0 Å². The second-order valence-electron chi connectivity index (χ2n) is 6.10. The van der Waals surface area contributed by atoms with E-state index in [2.05, 4.69) is 10.3 Å². The van der Waals surface area contributed by atoms with Crippen LogP contribution in [0.15, 0.2) is 73.1 Å². The van der Waals surface area contributed by atoms with E-state index in [9.17, 15) is 9.90 Å². The third kappa shape index (κ3) is 2.91. The first-order valence-corrected chi connectivity index (χ1v) is 8.26. The summed E-state index contributed by atoms with van der Waals surface area (Å²) < 4.78 is 2.00. The lowest BCUT2D eigenvalue weighted by Crippen LogP contribution is -2.11. The van der Waals surface area contributed by atoms with E-state index in [0.717, 1.165) is 22.5 Å². The van der Waals surface area contributed by atoms with Crippen molar-refractivity contribution in [3.63, 3.8) is 0 Å². The van der Waals surface area contributed by atoms with Gasteiger partial charge in [0, 0.05) is 23.6 Å². The predicted molar refractivity (Wildman–Crippen MR) is 101 cm³/mol. The van der Waals surface area contributed by atoms with Crippen molar-refractivity contribution in [3.05, 3.63) is 84.2 Å². The number of anilines is 1. The maximum atomic E-state index is 12.3. The Morgan fingerprint density at radius 1 is 1.04 bits per heavy atom. The van der Waals surface area contributed by atoms with Crippen LogP contribution in [-0.4, -0.2) is 20.4 Å². The number of rotatable bonds is 3. The highest BCUT2D eigenvalue weighted by atomic mass is 16.3. The Kier molecular flexibility index (Phi) is 3.89. The van der Waals surface area contributed by atoms with Crippen molar-refractivity contribution in [1.29, 1.82) is 0 Å². The fourth-order valence-electron chi connectivity index (χ4n) is 2.88. The number of imidazole rings is 1. The van der Waals surface area contributed by atoms with Crippen LogP contribution in [0, 0.1) is 6.92 Å². The molecule has 128 valence electrons. The average Bonchev–Trinajstić information content (AvgIpc) is 3.08. The van der Waals surface area contributed by atoms with Gasteiger partial charge in [-0.2, -0.15) is 0 Å². The largest absolute Gasteiger partial charge is 0.507 e. The fourth-order valence-corrected chi connectivity index (χ4v) is 2.88. The molecule has 0 aliphatic rings. The minimum atomic E-state index is -0.348. The Morgan fingerprint density at radius 3 is 2.54 bits per heavy atom. The van der Waals surface area contributed by atoms with Gasteiger partial charge < -0.3 is 14.8 Å². The van der Waals surface area contributed by atoms with Crippen LogP contribution < -0.4 is 5.32 Å². The zero-order valence-corrected chi connectivity index (χ0v) is 14.2. The van der Waals surface area contributed by atoms with Gasteiger partial charge in [-0.25, -0.2) is 4.98 Å². The highest BCUT2D eigenvalue weighted by Gasteiger charge is 2.11. The number of benzene rings is 2. The minimum absolute atomic E-state index is 0.0401. The maximum absolute atomic E-state index is 12.3. The van der Waals surface area contributed by atoms with Crippen molar-refractivity contribution >= 4 is 17.2 Å². The smallest absolute Gasteiger partial charge is 0.259 e. The molecule has 2 aromatic heterocycles. The summed E-state index contributed by atoms with van der Waals surface area (Å²) in [7, 11) is 0. The number of aryl methyl sites for hydroxylation is 1. The number of hydrogen-bond acceptors (Lipinski definition) is 3. The molecular formula is C21H17N3O2. The lowest BCUT2D eigenvalue weighted by atomic mass is 10.1. The first-order valence-electron chi connectivity index (χ1n) is 8.26. The molecule has 0 aliphatic heterocycles. The molecular weight excluding hydrogens is 326 g/mol. The van der Waals surface area contributed by atoms with Gasteiger partial charge in [0.25, 0.3) is 5.91 Å². The van der Waals surface area contributed by atoms with Crippen LogP contribution in [0.5, 0.6) is 5.75 Å². The second-order valence-corrected chi connectivity index (χ2v) is 6.10. The molecule has 26 heavy (non-hydrogen) atoms. The molecule has 1 amide bonds. The number of nitrogens with one attached hydrogen (secondary N) is 1. The van der Waals surface area contributed by atoms with E-state index in [1.807, 2.05) is 60.1 Å². The number of phenols is 1. The lowest BCUT2D eigenvalue weighted by Gasteiger charge is -2.07. The van der Waals surface area contributed by atoms with Crippen LogP contribution in [0.1, 0.15) is 15.9 Å². The summed E-state index contributed by atoms with van der Waals surface area (Å²) in [6.45, 7) is 2.03. The number of fused-ring (bicyclic) bond motifs is 1. The Bertz CT molecular complexity index is 1100. The molecule has 0 aliphatic carbocycles. The summed E-state index contributed by atoms with van der Waals surface area (Å²) in [4.78, 5) is 16.9. The molecule has 0 radical (unpaired) electrons. The number of carbonyl (C=O) groups excluding carboxylic acids is 1. The Balaban J connectivity index is 1.57. The Hall–Kier alpha value is -3.60. The number of aromatic nitrogens is 2. The maximum Gasteiger partial charge on any atom is 0.259 e. The number of phenolic OH excluding ortho intramolecular Hbond substituents is 1. The van der Waals surface area contributed by atoms with Gasteiger partial charge in [0.15, 0.2) is 0 Å². The molecule has 4 rings (SSSR count). The molecule has 2 heterocycles. The normalized spacial score (nSPS) is 10.8. The number of hydrogen-bond donors (Lipinski definition) is 2. The van der Waals surface area contributed by atoms with Crippen LogP contribution in [0.3, 0.4) is 0 Å². The molecule has 0 saturated heterocycles. The van der Waals surface area contributed by atoms with Crippen molar-refractivity contribution in [2.45, 2.75) is 6.92 Å². The molecule has 0 unspecified atom stereocenters. The van der Waals surface area contributed by atoms with E-state index < -0.39 is 0 Å². The summed E-state index contributed by atoms with van der Waals surface area (Å²) in [6, 6.07) is 18.0. The Labute approximate surface area is 150 Å². The van der Waals surface area contributed by atoms with Crippen molar-refractivity contribution in [3.8, 4) is 17.0 Å². The molecule has 0 bridgehead atoms. The molecule has 5 nitrogen and oxygen atoms in total. The summed E-state index contributed by atoms with van der Waals surface area (Å²) >= 11 is 0. The molecule has 0 fully saturated rings. The quantitative estimate of drug-likeness (QED) is 0.584. The van der Waals surface area contributed by atoms with E-state index in [4.69, 9.17) is 0 Å². The van der Waals surface area contributed by atoms with Gasteiger partial charge >= 0.3 is 0 Å². The van der Waals surface area contributed by atoms with Crippen LogP contribution in [0.4, 0.5) is 5.69 Å². The SMILES string of the molecule is Cc1cccn2cc(-c3ccc(NC(=O)c4ccccc4O)cc3)nc12. The topological polar surface area (TPSA) is 66.6 Å². The van der Waals surface area contributed by atoms with Crippen molar-refractivity contribution in [2.75, 3.05) is 5.32 Å². The van der Waals surface area contributed by atoms with Gasteiger partial charge in [-0.15, -0.1) is 0 Å². The van der Waals surface area contributed by atoms with E-state index >= 15 is 0 Å². The third-order valence-corrected chi connectivity index (χ3v) is 4.27. The van der Waals surface area contributed by atoms with Gasteiger partial charge in [-0.05, 0) is 42.8 Å². The molecule has 4 aromatic rings. The number of amides is 1. The summed E-state index contributed by atoms with van der Waals surface area (Å²) in [5, 5.41) is 12.6. The Morgan fingerprint density at radius 2 is 1.81 bits per heavy atom. The second kappa shape index (κ2) is 6.37.